The lowest BCUT2D eigenvalue weighted by atomic mass is 9.61. The van der Waals surface area contributed by atoms with E-state index in [0.29, 0.717) is 6.42 Å². The molecule has 0 radical (unpaired) electrons. The number of carbonyl (C=O) groups is 1. The molecule has 3 nitrogen and oxygen atoms in total. The first-order valence-corrected chi connectivity index (χ1v) is 7.25. The Morgan fingerprint density at radius 1 is 1.29 bits per heavy atom. The molecule has 3 N–H and O–H groups in total. The van der Waals surface area contributed by atoms with Crippen LogP contribution < -0.4 is 11.1 Å². The highest BCUT2D eigenvalue weighted by Gasteiger charge is 2.44. The van der Waals surface area contributed by atoms with Gasteiger partial charge in [-0.15, -0.1) is 0 Å². The Bertz CT molecular complexity index is 545. The number of halogens is 2. The van der Waals surface area contributed by atoms with Crippen LogP contribution in [0.3, 0.4) is 0 Å². The van der Waals surface area contributed by atoms with Crippen LogP contribution in [0.4, 0.5) is 14.5 Å². The lowest BCUT2D eigenvalue weighted by molar-refractivity contribution is -0.127. The van der Waals surface area contributed by atoms with Crippen LogP contribution in [0.25, 0.3) is 0 Å². The van der Waals surface area contributed by atoms with Gasteiger partial charge in [-0.2, -0.15) is 0 Å². The van der Waals surface area contributed by atoms with Crippen molar-refractivity contribution in [1.82, 2.24) is 0 Å². The summed E-state index contributed by atoms with van der Waals surface area (Å²) in [6.45, 7) is 6.13. The van der Waals surface area contributed by atoms with E-state index in [-0.39, 0.29) is 34.9 Å². The Morgan fingerprint density at radius 3 is 2.57 bits per heavy atom. The van der Waals surface area contributed by atoms with Crippen molar-refractivity contribution >= 4 is 11.6 Å². The molecule has 0 bridgehead atoms. The minimum atomic E-state index is -0.967. The third-order valence-electron chi connectivity index (χ3n) is 5.01. The van der Waals surface area contributed by atoms with Crippen molar-refractivity contribution in [1.29, 1.82) is 0 Å². The summed E-state index contributed by atoms with van der Waals surface area (Å²) >= 11 is 0. The van der Waals surface area contributed by atoms with Gasteiger partial charge in [-0.3, -0.25) is 4.79 Å². The summed E-state index contributed by atoms with van der Waals surface area (Å²) in [7, 11) is 0. The smallest absolute Gasteiger partial charge is 0.228 e. The molecule has 0 aromatic heterocycles. The molecule has 3 unspecified atom stereocenters. The molecule has 0 aliphatic heterocycles. The van der Waals surface area contributed by atoms with E-state index in [1.54, 1.807) is 0 Å². The molecule has 1 fully saturated rings. The van der Waals surface area contributed by atoms with Crippen LogP contribution in [0.2, 0.25) is 0 Å². The second kappa shape index (κ2) is 5.72. The average molecular weight is 296 g/mol. The van der Waals surface area contributed by atoms with E-state index < -0.39 is 11.6 Å². The number of hydrogen-bond donors (Lipinski definition) is 2. The molecule has 0 spiro atoms. The molecule has 1 amide bonds. The highest BCUT2D eigenvalue weighted by molar-refractivity contribution is 5.93. The quantitative estimate of drug-likeness (QED) is 0.879. The lowest BCUT2D eigenvalue weighted by Gasteiger charge is -2.46. The van der Waals surface area contributed by atoms with Crippen molar-refractivity contribution in [3.05, 3.63) is 29.8 Å². The number of hydrogen-bond acceptors (Lipinski definition) is 2. The van der Waals surface area contributed by atoms with E-state index >= 15 is 0 Å². The van der Waals surface area contributed by atoms with Crippen molar-refractivity contribution in [2.45, 2.75) is 39.7 Å². The Kier molecular flexibility index (Phi) is 4.33. The van der Waals surface area contributed by atoms with Crippen LogP contribution in [-0.2, 0) is 4.79 Å². The Balaban J connectivity index is 2.14. The molecule has 0 saturated heterocycles. The van der Waals surface area contributed by atoms with Gasteiger partial charge in [-0.1, -0.05) is 20.8 Å². The number of benzene rings is 1. The average Bonchev–Trinajstić information content (AvgIpc) is 2.40. The number of amides is 1. The molecule has 1 saturated carbocycles. The van der Waals surface area contributed by atoms with Gasteiger partial charge in [0, 0.05) is 23.7 Å². The van der Waals surface area contributed by atoms with Gasteiger partial charge in [-0.05, 0) is 36.3 Å². The van der Waals surface area contributed by atoms with E-state index in [4.69, 9.17) is 5.73 Å². The number of rotatable bonds is 2. The monoisotopic (exact) mass is 296 g/mol. The zero-order chi connectivity index (χ0) is 15.8. The molecule has 3 atom stereocenters. The Morgan fingerprint density at radius 2 is 1.95 bits per heavy atom. The van der Waals surface area contributed by atoms with Gasteiger partial charge in [-0.25, -0.2) is 8.78 Å². The maximum absolute atomic E-state index is 13.2. The predicted molar refractivity (Wildman–Crippen MR) is 78.6 cm³/mol. The number of anilines is 1. The first-order valence-electron chi connectivity index (χ1n) is 7.25. The number of nitrogens with one attached hydrogen (secondary N) is 1. The maximum atomic E-state index is 13.2. The summed E-state index contributed by atoms with van der Waals surface area (Å²) in [4.78, 5) is 12.5. The van der Waals surface area contributed by atoms with Crippen LogP contribution in [0.1, 0.15) is 33.6 Å². The fourth-order valence-corrected chi connectivity index (χ4v) is 3.12. The first kappa shape index (κ1) is 15.9. The van der Waals surface area contributed by atoms with Crippen molar-refractivity contribution < 1.29 is 13.6 Å². The molecule has 5 heteroatoms. The Hall–Kier alpha value is -1.49. The topological polar surface area (TPSA) is 55.1 Å². The summed E-state index contributed by atoms with van der Waals surface area (Å²) in [5.74, 6) is -2.03. The van der Waals surface area contributed by atoms with Crippen molar-refractivity contribution in [3.63, 3.8) is 0 Å². The summed E-state index contributed by atoms with van der Waals surface area (Å²) in [6.07, 6.45) is 1.49. The molecule has 116 valence electrons. The predicted octanol–water partition coefficient (Wildman–Crippen LogP) is 3.30. The van der Waals surface area contributed by atoms with E-state index in [0.717, 1.165) is 18.6 Å². The highest BCUT2D eigenvalue weighted by atomic mass is 19.2. The maximum Gasteiger partial charge on any atom is 0.228 e. The third kappa shape index (κ3) is 3.07. The molecular weight excluding hydrogens is 274 g/mol. The van der Waals surface area contributed by atoms with Gasteiger partial charge >= 0.3 is 0 Å². The molecule has 0 heterocycles. The lowest BCUT2D eigenvalue weighted by Crippen LogP contribution is -2.50. The van der Waals surface area contributed by atoms with Crippen LogP contribution in [0, 0.1) is 28.9 Å². The van der Waals surface area contributed by atoms with Gasteiger partial charge in [0.2, 0.25) is 5.91 Å². The van der Waals surface area contributed by atoms with Crippen molar-refractivity contribution in [3.8, 4) is 0 Å². The zero-order valence-corrected chi connectivity index (χ0v) is 12.6. The van der Waals surface area contributed by atoms with Gasteiger partial charge in [0.25, 0.3) is 0 Å². The molecule has 1 aliphatic carbocycles. The van der Waals surface area contributed by atoms with Gasteiger partial charge < -0.3 is 11.1 Å². The zero-order valence-electron chi connectivity index (χ0n) is 12.6. The molecule has 1 aliphatic rings. The van der Waals surface area contributed by atoms with Crippen molar-refractivity contribution in [2.24, 2.45) is 23.0 Å². The molecule has 21 heavy (non-hydrogen) atoms. The molecule has 1 aromatic rings. The summed E-state index contributed by atoms with van der Waals surface area (Å²) in [5.41, 5.74) is 6.12. The SMILES string of the molecule is CC1C(N)CCC(C(=O)Nc2ccc(F)c(F)c2)C1(C)C. The second-order valence-electron chi connectivity index (χ2n) is 6.52. The van der Waals surface area contributed by atoms with Gasteiger partial charge in [0.05, 0.1) is 0 Å². The summed E-state index contributed by atoms with van der Waals surface area (Å²) in [6, 6.07) is 3.46. The standard InChI is InChI=1S/C16H22F2N2O/c1-9-14(19)7-5-11(16(9,2)3)15(21)20-10-4-6-12(17)13(18)8-10/h4,6,8-9,11,14H,5,7,19H2,1-3H3,(H,20,21). The molecular formula is C16H22F2N2O. The van der Waals surface area contributed by atoms with Crippen LogP contribution in [0.15, 0.2) is 18.2 Å². The van der Waals surface area contributed by atoms with Crippen LogP contribution in [0.5, 0.6) is 0 Å². The van der Waals surface area contributed by atoms with E-state index in [1.807, 2.05) is 13.8 Å². The third-order valence-corrected chi connectivity index (χ3v) is 5.01. The Labute approximate surface area is 123 Å². The fraction of sp³-hybridized carbons (Fsp3) is 0.562. The molecule has 1 aromatic carbocycles. The van der Waals surface area contributed by atoms with Gasteiger partial charge in [0.1, 0.15) is 0 Å². The highest BCUT2D eigenvalue weighted by Crippen LogP contribution is 2.44. The summed E-state index contributed by atoms with van der Waals surface area (Å²) in [5, 5.41) is 2.68. The number of carbonyl (C=O) groups excluding carboxylic acids is 1. The van der Waals surface area contributed by atoms with Crippen LogP contribution in [-0.4, -0.2) is 11.9 Å². The first-order chi connectivity index (χ1) is 9.73. The second-order valence-corrected chi connectivity index (χ2v) is 6.52. The molecule has 2 rings (SSSR count). The fourth-order valence-electron chi connectivity index (χ4n) is 3.12. The minimum absolute atomic E-state index is 0.0901. The normalized spacial score (nSPS) is 28.2. The van der Waals surface area contributed by atoms with E-state index in [2.05, 4.69) is 12.2 Å². The van der Waals surface area contributed by atoms with E-state index in [1.165, 1.54) is 6.07 Å². The summed E-state index contributed by atoms with van der Waals surface area (Å²) < 4.78 is 26.1. The minimum Gasteiger partial charge on any atom is -0.327 e. The van der Waals surface area contributed by atoms with Crippen LogP contribution >= 0.6 is 0 Å². The van der Waals surface area contributed by atoms with Crippen molar-refractivity contribution in [2.75, 3.05) is 5.32 Å². The van der Waals surface area contributed by atoms with Gasteiger partial charge in [0.15, 0.2) is 11.6 Å². The van der Waals surface area contributed by atoms with E-state index in [9.17, 15) is 13.6 Å². The largest absolute Gasteiger partial charge is 0.327 e. The number of nitrogens with two attached hydrogens (primary N) is 1.